The number of hydrogen-bond donors (Lipinski definition) is 3. The van der Waals surface area contributed by atoms with Gasteiger partial charge in [-0.15, -0.1) is 12.4 Å². The average molecular weight is 336 g/mol. The molecule has 0 aliphatic heterocycles. The molecule has 0 bridgehead atoms. The summed E-state index contributed by atoms with van der Waals surface area (Å²) in [5.74, 6) is -0.115. The first-order chi connectivity index (χ1) is 9.48. The van der Waals surface area contributed by atoms with E-state index in [0.717, 1.165) is 6.42 Å². The Morgan fingerprint density at radius 1 is 1.24 bits per heavy atom. The van der Waals surface area contributed by atoms with Crippen LogP contribution in [0.2, 0.25) is 0 Å². The largest absolute Gasteiger partial charge is 0.352 e. The number of benzene rings is 1. The Labute approximate surface area is 132 Å². The van der Waals surface area contributed by atoms with Crippen molar-refractivity contribution in [2.75, 3.05) is 23.6 Å². The zero-order chi connectivity index (χ0) is 15.0. The first-order valence-electron chi connectivity index (χ1n) is 6.57. The highest BCUT2D eigenvalue weighted by molar-refractivity contribution is 7.92. The predicted octanol–water partition coefficient (Wildman–Crippen LogP) is 1.34. The second-order valence-corrected chi connectivity index (χ2v) is 6.24. The van der Waals surface area contributed by atoms with Crippen LogP contribution >= 0.6 is 12.4 Å². The van der Waals surface area contributed by atoms with Crippen molar-refractivity contribution in [2.24, 2.45) is 5.73 Å². The van der Waals surface area contributed by atoms with E-state index in [1.54, 1.807) is 31.2 Å². The molecule has 0 heterocycles. The van der Waals surface area contributed by atoms with Crippen LogP contribution in [0.25, 0.3) is 0 Å². The van der Waals surface area contributed by atoms with Gasteiger partial charge in [-0.3, -0.25) is 9.52 Å². The maximum absolute atomic E-state index is 11.7. The van der Waals surface area contributed by atoms with Gasteiger partial charge in [0.2, 0.25) is 10.0 Å². The third-order valence-electron chi connectivity index (χ3n) is 2.56. The lowest BCUT2D eigenvalue weighted by Crippen LogP contribution is -2.25. The molecular formula is C13H22ClN3O3S. The van der Waals surface area contributed by atoms with Crippen LogP contribution in [0.5, 0.6) is 0 Å². The van der Waals surface area contributed by atoms with E-state index in [1.807, 2.05) is 0 Å². The summed E-state index contributed by atoms with van der Waals surface area (Å²) in [6.45, 7) is 2.85. The summed E-state index contributed by atoms with van der Waals surface area (Å²) in [5, 5.41) is 2.73. The van der Waals surface area contributed by atoms with E-state index in [1.165, 1.54) is 0 Å². The molecule has 1 aromatic carbocycles. The van der Waals surface area contributed by atoms with E-state index in [0.29, 0.717) is 30.8 Å². The summed E-state index contributed by atoms with van der Waals surface area (Å²) >= 11 is 0. The first kappa shape index (κ1) is 19.7. The van der Waals surface area contributed by atoms with Gasteiger partial charge >= 0.3 is 0 Å². The monoisotopic (exact) mass is 335 g/mol. The molecule has 0 aliphatic carbocycles. The lowest BCUT2D eigenvalue weighted by molar-refractivity contribution is 0.0953. The number of rotatable bonds is 8. The van der Waals surface area contributed by atoms with Crippen LogP contribution in [-0.4, -0.2) is 33.2 Å². The van der Waals surface area contributed by atoms with E-state index in [2.05, 4.69) is 10.0 Å². The van der Waals surface area contributed by atoms with Gasteiger partial charge in [0.15, 0.2) is 0 Å². The van der Waals surface area contributed by atoms with Gasteiger partial charge < -0.3 is 11.1 Å². The van der Waals surface area contributed by atoms with Gasteiger partial charge in [0.05, 0.1) is 5.75 Å². The summed E-state index contributed by atoms with van der Waals surface area (Å²) in [5.41, 5.74) is 6.28. The topological polar surface area (TPSA) is 101 Å². The van der Waals surface area contributed by atoms with Gasteiger partial charge in [-0.1, -0.05) is 6.92 Å². The zero-order valence-corrected chi connectivity index (χ0v) is 13.6. The summed E-state index contributed by atoms with van der Waals surface area (Å²) in [7, 11) is -3.30. The number of nitrogens with one attached hydrogen (secondary N) is 2. The van der Waals surface area contributed by atoms with E-state index in [9.17, 15) is 13.2 Å². The molecule has 0 unspecified atom stereocenters. The van der Waals surface area contributed by atoms with Crippen LogP contribution in [0, 0.1) is 0 Å². The molecule has 1 aromatic rings. The Kier molecular flexibility index (Phi) is 9.00. The molecule has 21 heavy (non-hydrogen) atoms. The van der Waals surface area contributed by atoms with E-state index in [-0.39, 0.29) is 24.1 Å². The molecule has 0 aliphatic rings. The molecule has 8 heteroatoms. The number of carbonyl (C=O) groups excluding carboxylic acids is 1. The molecule has 0 saturated heterocycles. The molecule has 0 atom stereocenters. The molecule has 0 aromatic heterocycles. The minimum Gasteiger partial charge on any atom is -0.352 e. The van der Waals surface area contributed by atoms with Crippen LogP contribution in [0.1, 0.15) is 30.1 Å². The third-order valence-corrected chi connectivity index (χ3v) is 4.05. The molecule has 1 amide bonds. The fourth-order valence-corrected chi connectivity index (χ4v) is 2.73. The van der Waals surface area contributed by atoms with Gasteiger partial charge in [0.25, 0.3) is 5.91 Å². The Bertz CT molecular complexity index is 532. The van der Waals surface area contributed by atoms with Crippen molar-refractivity contribution in [3.63, 3.8) is 0 Å². The maximum atomic E-state index is 11.7. The van der Waals surface area contributed by atoms with Gasteiger partial charge in [-0.25, -0.2) is 8.42 Å². The van der Waals surface area contributed by atoms with Crippen molar-refractivity contribution in [3.8, 4) is 0 Å². The third kappa shape index (κ3) is 7.31. The van der Waals surface area contributed by atoms with E-state index in [4.69, 9.17) is 5.73 Å². The van der Waals surface area contributed by atoms with Crippen molar-refractivity contribution in [3.05, 3.63) is 29.8 Å². The normalized spacial score (nSPS) is 10.6. The first-order valence-corrected chi connectivity index (χ1v) is 8.22. The van der Waals surface area contributed by atoms with Gasteiger partial charge in [0, 0.05) is 17.8 Å². The summed E-state index contributed by atoms with van der Waals surface area (Å²) in [4.78, 5) is 11.7. The Hall–Kier alpha value is -1.31. The van der Waals surface area contributed by atoms with E-state index >= 15 is 0 Å². The predicted molar refractivity (Wildman–Crippen MR) is 87.4 cm³/mol. The van der Waals surface area contributed by atoms with Crippen LogP contribution in [-0.2, 0) is 10.0 Å². The molecule has 4 N–H and O–H groups in total. The number of carbonyl (C=O) groups is 1. The molecule has 1 rings (SSSR count). The second kappa shape index (κ2) is 9.59. The van der Waals surface area contributed by atoms with Crippen LogP contribution < -0.4 is 15.8 Å². The lowest BCUT2D eigenvalue weighted by atomic mass is 10.2. The van der Waals surface area contributed by atoms with Crippen molar-refractivity contribution in [2.45, 2.75) is 19.8 Å². The fourth-order valence-electron chi connectivity index (χ4n) is 1.60. The smallest absolute Gasteiger partial charge is 0.251 e. The number of sulfonamides is 1. The minimum atomic E-state index is -3.30. The van der Waals surface area contributed by atoms with Crippen molar-refractivity contribution in [1.82, 2.24) is 5.32 Å². The summed E-state index contributed by atoms with van der Waals surface area (Å²) in [6, 6.07) is 6.32. The molecule has 0 radical (unpaired) electrons. The highest BCUT2D eigenvalue weighted by Crippen LogP contribution is 2.11. The highest BCUT2D eigenvalue weighted by Gasteiger charge is 2.09. The van der Waals surface area contributed by atoms with Crippen molar-refractivity contribution < 1.29 is 13.2 Å². The Morgan fingerprint density at radius 2 is 1.86 bits per heavy atom. The molecule has 0 fully saturated rings. The number of hydrogen-bond acceptors (Lipinski definition) is 4. The molecule has 0 saturated carbocycles. The highest BCUT2D eigenvalue weighted by atomic mass is 35.5. The van der Waals surface area contributed by atoms with Gasteiger partial charge in [-0.05, 0) is 43.7 Å². The average Bonchev–Trinajstić information content (AvgIpc) is 2.39. The van der Waals surface area contributed by atoms with E-state index < -0.39 is 10.0 Å². The summed E-state index contributed by atoms with van der Waals surface area (Å²) < 4.78 is 25.6. The van der Waals surface area contributed by atoms with Crippen molar-refractivity contribution in [1.29, 1.82) is 0 Å². The minimum absolute atomic E-state index is 0. The van der Waals surface area contributed by atoms with Crippen molar-refractivity contribution >= 4 is 34.0 Å². The standard InChI is InChI=1S/C13H21N3O3S.ClH/c1-2-10-20(18,19)16-12-6-4-11(5-7-12)13(17)15-9-3-8-14;/h4-7,16H,2-3,8-10,14H2,1H3,(H,15,17);1H. The quantitative estimate of drug-likeness (QED) is 0.624. The molecule has 0 spiro atoms. The molecule has 6 nitrogen and oxygen atoms in total. The number of amides is 1. The van der Waals surface area contributed by atoms with Crippen LogP contribution in [0.3, 0.4) is 0 Å². The van der Waals surface area contributed by atoms with Crippen LogP contribution in [0.4, 0.5) is 5.69 Å². The number of nitrogens with two attached hydrogens (primary N) is 1. The Balaban J connectivity index is 0.00000400. The molecular weight excluding hydrogens is 314 g/mol. The lowest BCUT2D eigenvalue weighted by Gasteiger charge is -2.08. The number of anilines is 1. The zero-order valence-electron chi connectivity index (χ0n) is 12.0. The summed E-state index contributed by atoms with van der Waals surface area (Å²) in [6.07, 6.45) is 1.28. The molecule has 120 valence electrons. The van der Waals surface area contributed by atoms with Gasteiger partial charge in [-0.2, -0.15) is 0 Å². The Morgan fingerprint density at radius 3 is 2.38 bits per heavy atom. The second-order valence-electron chi connectivity index (χ2n) is 4.40. The van der Waals surface area contributed by atoms with Gasteiger partial charge in [0.1, 0.15) is 0 Å². The fraction of sp³-hybridized carbons (Fsp3) is 0.462. The SMILES string of the molecule is CCCS(=O)(=O)Nc1ccc(C(=O)NCCCN)cc1.Cl. The number of halogens is 1. The van der Waals surface area contributed by atoms with Crippen LogP contribution in [0.15, 0.2) is 24.3 Å². The maximum Gasteiger partial charge on any atom is 0.251 e.